The fourth-order valence-electron chi connectivity index (χ4n) is 1.90. The number of nitrogens with two attached hydrogens (primary N) is 1. The summed E-state index contributed by atoms with van der Waals surface area (Å²) in [6, 6.07) is 0. The number of aromatic nitrogens is 4. The van der Waals surface area contributed by atoms with Crippen LogP contribution in [0.4, 0.5) is 10.3 Å². The number of aliphatic hydroxyl groups excluding tert-OH is 2. The molecule has 0 spiro atoms. The molecule has 0 saturated carbocycles. The predicted octanol–water partition coefficient (Wildman–Crippen LogP) is -0.906. The van der Waals surface area contributed by atoms with Gasteiger partial charge in [0.15, 0.2) is 6.17 Å². The fourth-order valence-corrected chi connectivity index (χ4v) is 1.90. The second-order valence-electron chi connectivity index (χ2n) is 4.25. The highest BCUT2D eigenvalue weighted by atomic mass is 19.1. The number of methoxy groups -OCH3 is 2. The third-order valence-electron chi connectivity index (χ3n) is 3.01. The molecule has 21 heavy (non-hydrogen) atoms. The van der Waals surface area contributed by atoms with Gasteiger partial charge >= 0.3 is 0 Å². The van der Waals surface area contributed by atoms with E-state index in [2.05, 4.69) is 15.1 Å². The summed E-state index contributed by atoms with van der Waals surface area (Å²) in [6.45, 7) is -0.532. The molecule has 0 bridgehead atoms. The molecule has 0 saturated heterocycles. The first-order chi connectivity index (χ1) is 10.0. The lowest BCUT2D eigenvalue weighted by molar-refractivity contribution is -0.0741. The predicted molar refractivity (Wildman–Crippen MR) is 69.5 cm³/mol. The van der Waals surface area contributed by atoms with Crippen LogP contribution in [-0.4, -0.2) is 62.8 Å². The average molecular weight is 301 g/mol. The second kappa shape index (κ2) is 6.16. The van der Waals surface area contributed by atoms with Gasteiger partial charge in [0, 0.05) is 7.11 Å². The molecule has 0 radical (unpaired) electrons. The number of aliphatic hydroxyl groups is 2. The van der Waals surface area contributed by atoms with Crippen LogP contribution in [0, 0.1) is 0 Å². The number of hydrogen-bond donors (Lipinski definition) is 3. The number of ether oxygens (including phenoxy) is 2. The van der Waals surface area contributed by atoms with Crippen LogP contribution in [0.1, 0.15) is 11.9 Å². The van der Waals surface area contributed by atoms with E-state index in [9.17, 15) is 9.50 Å². The maximum atomic E-state index is 14.4. The van der Waals surface area contributed by atoms with Crippen molar-refractivity contribution in [2.45, 2.75) is 18.4 Å². The van der Waals surface area contributed by atoms with Crippen molar-refractivity contribution in [2.75, 3.05) is 26.6 Å². The van der Waals surface area contributed by atoms with E-state index in [1.165, 1.54) is 20.4 Å². The van der Waals surface area contributed by atoms with Crippen molar-refractivity contribution < 1.29 is 24.1 Å². The summed E-state index contributed by atoms with van der Waals surface area (Å²) in [7, 11) is 2.62. The van der Waals surface area contributed by atoms with Crippen LogP contribution in [-0.2, 0) is 4.74 Å². The molecule has 0 aliphatic rings. The summed E-state index contributed by atoms with van der Waals surface area (Å²) in [6.07, 6.45) is -3.38. The SMILES string of the molecule is COc1nc(N)nn2c([C@H](F)[C@H](O)[C@@H](CO)OC)cnc12. The molecule has 116 valence electrons. The number of halogens is 1. The molecular formula is C11H16FN5O4. The van der Waals surface area contributed by atoms with Crippen LogP contribution >= 0.6 is 0 Å². The largest absolute Gasteiger partial charge is 0.478 e. The summed E-state index contributed by atoms with van der Waals surface area (Å²) in [5, 5.41) is 22.8. The van der Waals surface area contributed by atoms with Gasteiger partial charge < -0.3 is 25.4 Å². The lowest BCUT2D eigenvalue weighted by Gasteiger charge is -2.22. The van der Waals surface area contributed by atoms with Gasteiger partial charge in [-0.25, -0.2) is 13.9 Å². The minimum absolute atomic E-state index is 0.0552. The zero-order chi connectivity index (χ0) is 15.6. The first-order valence-corrected chi connectivity index (χ1v) is 6.04. The van der Waals surface area contributed by atoms with Crippen molar-refractivity contribution in [1.82, 2.24) is 19.6 Å². The van der Waals surface area contributed by atoms with Gasteiger partial charge in [0.25, 0.3) is 5.88 Å². The smallest absolute Gasteiger partial charge is 0.262 e. The monoisotopic (exact) mass is 301 g/mol. The van der Waals surface area contributed by atoms with Crippen LogP contribution < -0.4 is 10.5 Å². The van der Waals surface area contributed by atoms with Gasteiger partial charge in [0.2, 0.25) is 11.6 Å². The topological polar surface area (TPSA) is 128 Å². The van der Waals surface area contributed by atoms with E-state index >= 15 is 0 Å². The van der Waals surface area contributed by atoms with E-state index in [4.69, 9.17) is 20.3 Å². The Balaban J connectivity index is 2.44. The van der Waals surface area contributed by atoms with Gasteiger partial charge in [0.05, 0.1) is 19.9 Å². The Kier molecular flexibility index (Phi) is 4.50. The van der Waals surface area contributed by atoms with Crippen LogP contribution in [0.15, 0.2) is 6.20 Å². The highest BCUT2D eigenvalue weighted by Crippen LogP contribution is 2.27. The van der Waals surface area contributed by atoms with Crippen LogP contribution in [0.5, 0.6) is 5.88 Å². The van der Waals surface area contributed by atoms with Crippen molar-refractivity contribution in [2.24, 2.45) is 0 Å². The van der Waals surface area contributed by atoms with Gasteiger partial charge in [0.1, 0.15) is 17.9 Å². The minimum Gasteiger partial charge on any atom is -0.478 e. The Bertz CT molecular complexity index is 618. The first kappa shape index (κ1) is 15.4. The molecule has 0 aliphatic heterocycles. The lowest BCUT2D eigenvalue weighted by Crippen LogP contribution is -2.35. The van der Waals surface area contributed by atoms with Crippen LogP contribution in [0.3, 0.4) is 0 Å². The Morgan fingerprint density at radius 1 is 1.48 bits per heavy atom. The summed E-state index contributed by atoms with van der Waals surface area (Å²) in [5.41, 5.74) is 5.62. The molecule has 0 unspecified atom stereocenters. The normalized spacial score (nSPS) is 15.9. The van der Waals surface area contributed by atoms with E-state index in [-0.39, 0.29) is 23.2 Å². The number of hydrogen-bond acceptors (Lipinski definition) is 8. The van der Waals surface area contributed by atoms with E-state index in [1.807, 2.05) is 0 Å². The van der Waals surface area contributed by atoms with Gasteiger partial charge in [-0.05, 0) is 0 Å². The number of fused-ring (bicyclic) bond motifs is 1. The molecule has 2 aromatic heterocycles. The van der Waals surface area contributed by atoms with Crippen molar-refractivity contribution in [3.8, 4) is 5.88 Å². The van der Waals surface area contributed by atoms with Gasteiger partial charge in [-0.3, -0.25) is 0 Å². The van der Waals surface area contributed by atoms with Gasteiger partial charge in [-0.1, -0.05) is 0 Å². The maximum absolute atomic E-state index is 14.4. The highest BCUT2D eigenvalue weighted by molar-refractivity contribution is 5.51. The van der Waals surface area contributed by atoms with E-state index < -0.39 is 25.0 Å². The Morgan fingerprint density at radius 2 is 2.19 bits per heavy atom. The molecule has 2 rings (SSSR count). The van der Waals surface area contributed by atoms with Crippen LogP contribution in [0.25, 0.3) is 5.65 Å². The number of imidazole rings is 1. The molecular weight excluding hydrogens is 285 g/mol. The molecule has 0 aliphatic carbocycles. The lowest BCUT2D eigenvalue weighted by atomic mass is 10.1. The third-order valence-corrected chi connectivity index (χ3v) is 3.01. The van der Waals surface area contributed by atoms with Crippen LogP contribution in [0.2, 0.25) is 0 Å². The molecule has 9 nitrogen and oxygen atoms in total. The number of alkyl halides is 1. The highest BCUT2D eigenvalue weighted by Gasteiger charge is 2.32. The maximum Gasteiger partial charge on any atom is 0.262 e. The number of rotatable bonds is 6. The molecule has 4 N–H and O–H groups in total. The molecule has 2 aromatic rings. The zero-order valence-electron chi connectivity index (χ0n) is 11.5. The van der Waals surface area contributed by atoms with Gasteiger partial charge in [-0.15, -0.1) is 5.10 Å². The average Bonchev–Trinajstić information content (AvgIpc) is 2.90. The summed E-state index contributed by atoms with van der Waals surface area (Å²) >= 11 is 0. The van der Waals surface area contributed by atoms with E-state index in [0.717, 1.165) is 4.52 Å². The Hall–Kier alpha value is -2.04. The van der Waals surface area contributed by atoms with Crippen molar-refractivity contribution >= 4 is 11.6 Å². The number of nitrogens with zero attached hydrogens (tertiary/aromatic N) is 4. The van der Waals surface area contributed by atoms with Crippen molar-refractivity contribution in [1.29, 1.82) is 0 Å². The Labute approximate surface area is 119 Å². The van der Waals surface area contributed by atoms with Crippen molar-refractivity contribution in [3.05, 3.63) is 11.9 Å². The molecule has 2 heterocycles. The first-order valence-electron chi connectivity index (χ1n) is 6.04. The minimum atomic E-state index is -1.89. The zero-order valence-corrected chi connectivity index (χ0v) is 11.5. The van der Waals surface area contributed by atoms with Crippen molar-refractivity contribution in [3.63, 3.8) is 0 Å². The van der Waals surface area contributed by atoms with Gasteiger partial charge in [-0.2, -0.15) is 4.98 Å². The third kappa shape index (κ3) is 2.73. The molecule has 3 atom stereocenters. The Morgan fingerprint density at radius 3 is 2.76 bits per heavy atom. The summed E-state index contributed by atoms with van der Waals surface area (Å²) in [4.78, 5) is 7.76. The second-order valence-corrected chi connectivity index (χ2v) is 4.25. The quantitative estimate of drug-likeness (QED) is 0.626. The summed E-state index contributed by atoms with van der Waals surface area (Å²) < 4.78 is 25.3. The fraction of sp³-hybridized carbons (Fsp3) is 0.545. The molecule has 10 heteroatoms. The number of nitrogen functional groups attached to an aromatic ring is 1. The molecule has 0 amide bonds. The van der Waals surface area contributed by atoms with E-state index in [0.29, 0.717) is 0 Å². The summed E-state index contributed by atoms with van der Waals surface area (Å²) in [5.74, 6) is -0.0494. The standard InChI is InChI=1S/C11H16FN5O4/c1-20-6(4-18)8(19)7(12)5-3-14-9-10(21-2)15-11(13)16-17(5)9/h3,6-8,18-19H,4H2,1-2H3,(H2,13,16)/t6-,7+,8-/m1/s1. The molecule has 0 fully saturated rings. The number of anilines is 1. The van der Waals surface area contributed by atoms with E-state index in [1.54, 1.807) is 0 Å². The molecule has 0 aromatic carbocycles.